The molecule has 1 aliphatic rings. The van der Waals surface area contributed by atoms with E-state index in [1.807, 2.05) is 0 Å². The van der Waals surface area contributed by atoms with Crippen molar-refractivity contribution >= 4 is 5.97 Å². The summed E-state index contributed by atoms with van der Waals surface area (Å²) in [6.45, 7) is 11.0. The molecule has 0 radical (unpaired) electrons. The van der Waals surface area contributed by atoms with E-state index in [-0.39, 0.29) is 22.9 Å². The molecule has 0 N–H and O–H groups in total. The third-order valence-corrected chi connectivity index (χ3v) is 3.86. The summed E-state index contributed by atoms with van der Waals surface area (Å²) >= 11 is 0. The molecule has 0 amide bonds. The fourth-order valence-electron chi connectivity index (χ4n) is 1.70. The Kier molecular flexibility index (Phi) is 2.93. The number of hydrogen-bond acceptors (Lipinski definition) is 2. The van der Waals surface area contributed by atoms with E-state index in [1.165, 1.54) is 0 Å². The molecule has 14 heavy (non-hydrogen) atoms. The van der Waals surface area contributed by atoms with Gasteiger partial charge in [0.1, 0.15) is 6.10 Å². The van der Waals surface area contributed by atoms with Gasteiger partial charge in [-0.25, -0.2) is 0 Å². The molecule has 0 aliphatic carbocycles. The second-order valence-electron chi connectivity index (χ2n) is 5.84. The van der Waals surface area contributed by atoms with Crippen LogP contribution in [-0.4, -0.2) is 12.1 Å². The van der Waals surface area contributed by atoms with Crippen molar-refractivity contribution in [3.63, 3.8) is 0 Å². The Labute approximate surface area is 87.0 Å². The molecule has 82 valence electrons. The summed E-state index contributed by atoms with van der Waals surface area (Å²) < 4.78 is 5.44. The summed E-state index contributed by atoms with van der Waals surface area (Å²) in [5, 5.41) is 0. The van der Waals surface area contributed by atoms with E-state index in [0.29, 0.717) is 6.42 Å². The normalized spacial score (nSPS) is 24.6. The largest absolute Gasteiger partial charge is 0.462 e. The average Bonchev–Trinajstić information content (AvgIpc) is 2.02. The lowest BCUT2D eigenvalue weighted by atomic mass is 9.64. The maximum Gasteiger partial charge on any atom is 0.306 e. The van der Waals surface area contributed by atoms with Gasteiger partial charge in [0.2, 0.25) is 0 Å². The zero-order valence-electron chi connectivity index (χ0n) is 10.0. The lowest BCUT2D eigenvalue weighted by molar-refractivity contribution is -0.167. The lowest BCUT2D eigenvalue weighted by Crippen LogP contribution is -2.44. The molecule has 0 aromatic rings. The highest BCUT2D eigenvalue weighted by atomic mass is 16.5. The fourth-order valence-corrected chi connectivity index (χ4v) is 1.70. The molecule has 1 saturated heterocycles. The average molecular weight is 198 g/mol. The zero-order chi connectivity index (χ0) is 11.0. The van der Waals surface area contributed by atoms with Gasteiger partial charge in [0, 0.05) is 11.8 Å². The zero-order valence-corrected chi connectivity index (χ0v) is 10.0. The van der Waals surface area contributed by atoms with Gasteiger partial charge in [0.15, 0.2) is 0 Å². The number of esters is 1. The van der Waals surface area contributed by atoms with Gasteiger partial charge >= 0.3 is 5.97 Å². The fraction of sp³-hybridized carbons (Fsp3) is 0.917. The maximum absolute atomic E-state index is 11.2. The molecule has 0 aromatic heterocycles. The van der Waals surface area contributed by atoms with Crippen LogP contribution in [0.1, 0.15) is 53.9 Å². The molecule has 1 rings (SSSR count). The minimum atomic E-state index is -0.0291. The summed E-state index contributed by atoms with van der Waals surface area (Å²) in [5.74, 6) is -0.0291. The van der Waals surface area contributed by atoms with Crippen LogP contribution in [0, 0.1) is 10.8 Å². The third kappa shape index (κ3) is 2.10. The molecule has 1 atom stereocenters. The number of cyclic esters (lactones) is 1. The summed E-state index contributed by atoms with van der Waals surface area (Å²) in [7, 11) is 0. The van der Waals surface area contributed by atoms with Crippen molar-refractivity contribution in [3.8, 4) is 0 Å². The molecule has 1 heterocycles. The highest BCUT2D eigenvalue weighted by Gasteiger charge is 2.43. The van der Waals surface area contributed by atoms with Gasteiger partial charge in [-0.05, 0) is 18.3 Å². The van der Waals surface area contributed by atoms with Crippen molar-refractivity contribution in [1.29, 1.82) is 0 Å². The highest BCUT2D eigenvalue weighted by molar-refractivity contribution is 5.70. The maximum atomic E-state index is 11.2. The second kappa shape index (κ2) is 3.56. The van der Waals surface area contributed by atoms with Gasteiger partial charge in [-0.1, -0.05) is 34.6 Å². The summed E-state index contributed by atoms with van der Waals surface area (Å²) in [4.78, 5) is 11.2. The molecule has 0 saturated carbocycles. The number of hydrogen-bond donors (Lipinski definition) is 0. The molecule has 2 heteroatoms. The Hall–Kier alpha value is -0.530. The van der Waals surface area contributed by atoms with Crippen LogP contribution in [-0.2, 0) is 9.53 Å². The summed E-state index contributed by atoms with van der Waals surface area (Å²) in [6, 6.07) is 0. The molecule has 0 spiro atoms. The van der Waals surface area contributed by atoms with Crippen molar-refractivity contribution in [1.82, 2.24) is 0 Å². The first kappa shape index (κ1) is 11.5. The Morgan fingerprint density at radius 3 is 2.21 bits per heavy atom. The predicted molar refractivity (Wildman–Crippen MR) is 57.0 cm³/mol. The van der Waals surface area contributed by atoms with E-state index in [1.54, 1.807) is 0 Å². The smallest absolute Gasteiger partial charge is 0.306 e. The van der Waals surface area contributed by atoms with Crippen LogP contribution >= 0.6 is 0 Å². The molecule has 0 aromatic carbocycles. The van der Waals surface area contributed by atoms with Crippen LogP contribution in [0.5, 0.6) is 0 Å². The molecular formula is C12H22O2. The number of carbonyl (C=O) groups excluding carboxylic acids is 1. The highest BCUT2D eigenvalue weighted by Crippen LogP contribution is 2.44. The van der Waals surface area contributed by atoms with Crippen LogP contribution in [0.15, 0.2) is 0 Å². The van der Waals surface area contributed by atoms with Crippen molar-refractivity contribution in [3.05, 3.63) is 0 Å². The Morgan fingerprint density at radius 1 is 1.21 bits per heavy atom. The van der Waals surface area contributed by atoms with Gasteiger partial charge in [-0.2, -0.15) is 0 Å². The molecular weight excluding hydrogens is 176 g/mol. The van der Waals surface area contributed by atoms with Crippen molar-refractivity contribution in [2.75, 3.05) is 0 Å². The standard InChI is InChI=1S/C12H22O2/c1-11(2,3)12(4,5)9-7-6-8-10(13)14-9/h9H,6-8H2,1-5H3. The van der Waals surface area contributed by atoms with Crippen LogP contribution in [0.4, 0.5) is 0 Å². The van der Waals surface area contributed by atoms with E-state index in [0.717, 1.165) is 12.8 Å². The number of ether oxygens (including phenoxy) is 1. The monoisotopic (exact) mass is 198 g/mol. The van der Waals surface area contributed by atoms with Gasteiger partial charge in [-0.3, -0.25) is 4.79 Å². The topological polar surface area (TPSA) is 26.3 Å². The minimum absolute atomic E-state index is 0.0291. The van der Waals surface area contributed by atoms with Crippen LogP contribution in [0.3, 0.4) is 0 Å². The third-order valence-electron chi connectivity index (χ3n) is 3.86. The van der Waals surface area contributed by atoms with Crippen molar-refractivity contribution in [2.45, 2.75) is 60.0 Å². The molecule has 1 aliphatic heterocycles. The van der Waals surface area contributed by atoms with E-state index in [2.05, 4.69) is 34.6 Å². The van der Waals surface area contributed by atoms with Gasteiger partial charge in [-0.15, -0.1) is 0 Å². The Morgan fingerprint density at radius 2 is 1.79 bits per heavy atom. The first-order chi connectivity index (χ1) is 6.25. The SMILES string of the molecule is CC(C)(C)C(C)(C)C1CCCC(=O)O1. The van der Waals surface area contributed by atoms with E-state index < -0.39 is 0 Å². The van der Waals surface area contributed by atoms with Crippen LogP contribution < -0.4 is 0 Å². The first-order valence-corrected chi connectivity index (χ1v) is 5.44. The summed E-state index contributed by atoms with van der Waals surface area (Å²) in [5.41, 5.74) is 0.207. The Bertz CT molecular complexity index is 223. The number of carbonyl (C=O) groups is 1. The first-order valence-electron chi connectivity index (χ1n) is 5.44. The minimum Gasteiger partial charge on any atom is -0.462 e. The van der Waals surface area contributed by atoms with E-state index in [9.17, 15) is 4.79 Å². The van der Waals surface area contributed by atoms with E-state index >= 15 is 0 Å². The molecule has 1 unspecified atom stereocenters. The van der Waals surface area contributed by atoms with E-state index in [4.69, 9.17) is 4.74 Å². The molecule has 2 nitrogen and oxygen atoms in total. The molecule has 0 bridgehead atoms. The second-order valence-corrected chi connectivity index (χ2v) is 5.84. The van der Waals surface area contributed by atoms with Gasteiger partial charge in [0.25, 0.3) is 0 Å². The summed E-state index contributed by atoms with van der Waals surface area (Å²) in [6.07, 6.45) is 2.67. The quantitative estimate of drug-likeness (QED) is 0.605. The van der Waals surface area contributed by atoms with Gasteiger partial charge < -0.3 is 4.74 Å². The van der Waals surface area contributed by atoms with Crippen LogP contribution in [0.25, 0.3) is 0 Å². The van der Waals surface area contributed by atoms with Crippen LogP contribution in [0.2, 0.25) is 0 Å². The molecule has 1 fully saturated rings. The predicted octanol–water partition coefficient (Wildman–Crippen LogP) is 3.15. The number of rotatable bonds is 1. The van der Waals surface area contributed by atoms with Crippen molar-refractivity contribution in [2.24, 2.45) is 10.8 Å². The van der Waals surface area contributed by atoms with Crippen molar-refractivity contribution < 1.29 is 9.53 Å². The Balaban J connectivity index is 2.76. The van der Waals surface area contributed by atoms with Gasteiger partial charge in [0.05, 0.1) is 0 Å². The lowest BCUT2D eigenvalue weighted by Gasteiger charge is -2.45.